The summed E-state index contributed by atoms with van der Waals surface area (Å²) in [7, 11) is -4.61. The first-order chi connectivity index (χ1) is 27.2. The van der Waals surface area contributed by atoms with Crippen LogP contribution in [-0.4, -0.2) is 65.7 Å². The van der Waals surface area contributed by atoms with Gasteiger partial charge in [0.1, 0.15) is 12.7 Å². The van der Waals surface area contributed by atoms with Crippen molar-refractivity contribution in [3.05, 3.63) is 24.3 Å². The van der Waals surface area contributed by atoms with Crippen LogP contribution in [0.15, 0.2) is 24.3 Å². The number of phosphoric acid groups is 1. The van der Waals surface area contributed by atoms with Gasteiger partial charge < -0.3 is 24.6 Å². The molecule has 0 aliphatic heterocycles. The monoisotopic (exact) mass is 817 g/mol. The molecule has 3 atom stereocenters. The molecule has 0 bridgehead atoms. The summed E-state index contributed by atoms with van der Waals surface area (Å²) in [5.74, 6) is -0.922. The van der Waals surface area contributed by atoms with Gasteiger partial charge in [-0.15, -0.1) is 0 Å². The quantitative estimate of drug-likeness (QED) is 0.0235. The highest BCUT2D eigenvalue weighted by atomic mass is 31.2. The van der Waals surface area contributed by atoms with Gasteiger partial charge in [-0.25, -0.2) is 4.57 Å². The standard InChI is InChI=1S/C45H85O10P/c1-3-5-7-9-11-13-15-17-18-19-20-21-22-23-24-25-27-29-31-33-35-37-45(49)55-43(41-54-56(50,51)53-39-42(47)38-46)40-52-44(48)36-34-32-30-28-26-16-14-12-10-8-6-4-2/h15,17,19-20,42-43,46-47H,3-14,16,18,21-41H2,1-2H3,(H,50,51)/b17-15-,20-19-. The molecule has 0 radical (unpaired) electrons. The molecule has 0 fully saturated rings. The van der Waals surface area contributed by atoms with E-state index in [-0.39, 0.29) is 19.4 Å². The third-order valence-corrected chi connectivity index (χ3v) is 10.8. The SMILES string of the molecule is CCCCCCC/C=C\C/C=C\CCCCCCCCCCCC(=O)OC(COC(=O)CCCCCCCCCCCCCC)COP(=O)(O)OCC(O)CO. The van der Waals surface area contributed by atoms with E-state index >= 15 is 0 Å². The topological polar surface area (TPSA) is 149 Å². The molecule has 0 aliphatic rings. The van der Waals surface area contributed by atoms with Gasteiger partial charge >= 0.3 is 19.8 Å². The molecular weight excluding hydrogens is 731 g/mol. The minimum Gasteiger partial charge on any atom is -0.462 e. The van der Waals surface area contributed by atoms with Gasteiger partial charge in [0.15, 0.2) is 6.10 Å². The van der Waals surface area contributed by atoms with Crippen molar-refractivity contribution in [2.45, 2.75) is 225 Å². The fraction of sp³-hybridized carbons (Fsp3) is 0.867. The molecule has 3 N–H and O–H groups in total. The van der Waals surface area contributed by atoms with Crippen LogP contribution >= 0.6 is 7.82 Å². The molecule has 0 aromatic rings. The van der Waals surface area contributed by atoms with Crippen LogP contribution in [0.4, 0.5) is 0 Å². The van der Waals surface area contributed by atoms with Crippen LogP contribution in [0.25, 0.3) is 0 Å². The first-order valence-corrected chi connectivity index (χ1v) is 24.3. The Labute approximate surface area is 342 Å². The van der Waals surface area contributed by atoms with Gasteiger partial charge in [0.05, 0.1) is 19.8 Å². The molecule has 0 saturated heterocycles. The summed E-state index contributed by atoms with van der Waals surface area (Å²) in [5.41, 5.74) is 0. The van der Waals surface area contributed by atoms with Gasteiger partial charge in [0.25, 0.3) is 0 Å². The molecule has 0 saturated carbocycles. The minimum absolute atomic E-state index is 0.182. The van der Waals surface area contributed by atoms with E-state index in [0.29, 0.717) is 12.8 Å². The second kappa shape index (κ2) is 41.6. The minimum atomic E-state index is -4.61. The Hall–Kier alpha value is -1.55. The second-order valence-corrected chi connectivity index (χ2v) is 16.9. The fourth-order valence-corrected chi connectivity index (χ4v) is 7.11. The third-order valence-electron chi connectivity index (χ3n) is 9.86. The molecule has 0 aliphatic carbocycles. The van der Waals surface area contributed by atoms with E-state index < -0.39 is 51.8 Å². The zero-order valence-corrected chi connectivity index (χ0v) is 36.8. The number of esters is 2. The zero-order chi connectivity index (χ0) is 41.2. The molecule has 56 heavy (non-hydrogen) atoms. The molecule has 0 aromatic heterocycles. The number of rotatable bonds is 43. The fourth-order valence-electron chi connectivity index (χ4n) is 6.32. The lowest BCUT2D eigenvalue weighted by Crippen LogP contribution is -2.29. The van der Waals surface area contributed by atoms with E-state index in [9.17, 15) is 24.2 Å². The molecule has 10 nitrogen and oxygen atoms in total. The largest absolute Gasteiger partial charge is 0.472 e. The van der Waals surface area contributed by atoms with E-state index in [1.54, 1.807) is 0 Å². The van der Waals surface area contributed by atoms with Crippen molar-refractivity contribution in [3.63, 3.8) is 0 Å². The van der Waals surface area contributed by atoms with Gasteiger partial charge in [-0.1, -0.05) is 179 Å². The van der Waals surface area contributed by atoms with Crippen LogP contribution in [0.5, 0.6) is 0 Å². The van der Waals surface area contributed by atoms with E-state index in [1.165, 1.54) is 122 Å². The van der Waals surface area contributed by atoms with E-state index in [1.807, 2.05) is 0 Å². The number of ether oxygens (including phenoxy) is 2. The summed E-state index contributed by atoms with van der Waals surface area (Å²) in [5, 5.41) is 18.3. The Morgan fingerprint density at radius 1 is 0.536 bits per heavy atom. The van der Waals surface area contributed by atoms with Crippen molar-refractivity contribution >= 4 is 19.8 Å². The van der Waals surface area contributed by atoms with Crippen LogP contribution in [0.2, 0.25) is 0 Å². The number of hydrogen-bond donors (Lipinski definition) is 3. The highest BCUT2D eigenvalue weighted by molar-refractivity contribution is 7.47. The summed E-state index contributed by atoms with van der Waals surface area (Å²) in [6, 6.07) is 0. The van der Waals surface area contributed by atoms with Gasteiger partial charge in [-0.05, 0) is 44.9 Å². The summed E-state index contributed by atoms with van der Waals surface area (Å²) < 4.78 is 32.7. The smallest absolute Gasteiger partial charge is 0.462 e. The van der Waals surface area contributed by atoms with Crippen LogP contribution < -0.4 is 0 Å². The van der Waals surface area contributed by atoms with Gasteiger partial charge in [0.2, 0.25) is 0 Å². The number of phosphoric ester groups is 1. The molecule has 0 spiro atoms. The number of aliphatic hydroxyl groups excluding tert-OH is 2. The maximum atomic E-state index is 12.6. The molecule has 0 rings (SSSR count). The number of aliphatic hydroxyl groups is 2. The lowest BCUT2D eigenvalue weighted by molar-refractivity contribution is -0.161. The van der Waals surface area contributed by atoms with Crippen molar-refractivity contribution in [1.82, 2.24) is 0 Å². The van der Waals surface area contributed by atoms with Crippen molar-refractivity contribution in [1.29, 1.82) is 0 Å². The second-order valence-electron chi connectivity index (χ2n) is 15.4. The predicted octanol–water partition coefficient (Wildman–Crippen LogP) is 12.2. The van der Waals surface area contributed by atoms with Crippen molar-refractivity contribution in [3.8, 4) is 0 Å². The first-order valence-electron chi connectivity index (χ1n) is 22.8. The summed E-state index contributed by atoms with van der Waals surface area (Å²) >= 11 is 0. The number of unbranched alkanes of at least 4 members (excludes halogenated alkanes) is 25. The maximum absolute atomic E-state index is 12.6. The summed E-state index contributed by atoms with van der Waals surface area (Å²) in [6.45, 7) is 2.38. The predicted molar refractivity (Wildman–Crippen MR) is 228 cm³/mol. The molecular formula is C45H85O10P. The maximum Gasteiger partial charge on any atom is 0.472 e. The lowest BCUT2D eigenvalue weighted by atomic mass is 10.0. The number of carbonyl (C=O) groups excluding carboxylic acids is 2. The molecule has 330 valence electrons. The van der Waals surface area contributed by atoms with Gasteiger partial charge in [0, 0.05) is 12.8 Å². The number of hydrogen-bond acceptors (Lipinski definition) is 9. The van der Waals surface area contributed by atoms with E-state index in [2.05, 4.69) is 38.2 Å². The van der Waals surface area contributed by atoms with E-state index in [0.717, 1.165) is 51.4 Å². The summed E-state index contributed by atoms with van der Waals surface area (Å²) in [6.07, 6.45) is 41.4. The van der Waals surface area contributed by atoms with Crippen molar-refractivity contribution < 1.29 is 47.8 Å². The third kappa shape index (κ3) is 40.6. The molecule has 0 amide bonds. The van der Waals surface area contributed by atoms with Crippen LogP contribution in [-0.2, 0) is 32.7 Å². The van der Waals surface area contributed by atoms with Crippen molar-refractivity contribution in [2.75, 3.05) is 26.4 Å². The van der Waals surface area contributed by atoms with Crippen LogP contribution in [0.3, 0.4) is 0 Å². The molecule has 11 heteroatoms. The van der Waals surface area contributed by atoms with Crippen molar-refractivity contribution in [2.24, 2.45) is 0 Å². The normalized spacial score (nSPS) is 14.0. The first kappa shape index (κ1) is 54.5. The average Bonchev–Trinajstić information content (AvgIpc) is 3.19. The highest BCUT2D eigenvalue weighted by Gasteiger charge is 2.27. The molecule has 0 aromatic carbocycles. The van der Waals surface area contributed by atoms with Gasteiger partial charge in [-0.3, -0.25) is 18.6 Å². The average molecular weight is 817 g/mol. The zero-order valence-electron chi connectivity index (χ0n) is 35.9. The Balaban J connectivity index is 4.22. The van der Waals surface area contributed by atoms with Gasteiger partial charge in [-0.2, -0.15) is 0 Å². The number of carbonyl (C=O) groups is 2. The molecule has 3 unspecified atom stereocenters. The lowest BCUT2D eigenvalue weighted by Gasteiger charge is -2.20. The van der Waals surface area contributed by atoms with E-state index in [4.69, 9.17) is 23.6 Å². The Bertz CT molecular complexity index is 988. The highest BCUT2D eigenvalue weighted by Crippen LogP contribution is 2.43. The van der Waals surface area contributed by atoms with Crippen LogP contribution in [0, 0.1) is 0 Å². The van der Waals surface area contributed by atoms with Crippen LogP contribution in [0.1, 0.15) is 213 Å². The Morgan fingerprint density at radius 2 is 0.929 bits per heavy atom. The Morgan fingerprint density at radius 3 is 1.38 bits per heavy atom. The summed E-state index contributed by atoms with van der Waals surface area (Å²) in [4.78, 5) is 35.0. The Kier molecular flexibility index (Phi) is 40.5. The number of allylic oxidation sites excluding steroid dienone is 4. The molecule has 0 heterocycles.